The standard InChI is InChI=1S/C24H22N6O3/c1-2-33-21-14-12-20(13-15-21)26-23(31)18-8-10-19(11-9-18)27-24(32)22(30-16-25-28-29-30)17-6-4-3-5-7-17/h3-16,22H,2H2,1H3,(H,26,31)(H,27,32). The van der Waals surface area contributed by atoms with Crippen LogP contribution in [0, 0.1) is 0 Å². The highest BCUT2D eigenvalue weighted by molar-refractivity contribution is 6.04. The number of aromatic nitrogens is 4. The topological polar surface area (TPSA) is 111 Å². The minimum absolute atomic E-state index is 0.257. The molecule has 9 heteroatoms. The van der Waals surface area contributed by atoms with Crippen LogP contribution in [0.15, 0.2) is 85.2 Å². The maximum absolute atomic E-state index is 13.0. The molecule has 1 unspecified atom stereocenters. The summed E-state index contributed by atoms with van der Waals surface area (Å²) in [6.07, 6.45) is 1.39. The second-order valence-electron chi connectivity index (χ2n) is 7.08. The van der Waals surface area contributed by atoms with E-state index in [0.717, 1.165) is 11.3 Å². The molecule has 0 aliphatic carbocycles. The van der Waals surface area contributed by atoms with Crippen molar-refractivity contribution in [3.05, 3.63) is 96.3 Å². The largest absolute Gasteiger partial charge is 0.494 e. The number of hydrogen-bond donors (Lipinski definition) is 2. The van der Waals surface area contributed by atoms with Crippen LogP contribution in [0.4, 0.5) is 11.4 Å². The fourth-order valence-electron chi connectivity index (χ4n) is 3.27. The molecular weight excluding hydrogens is 420 g/mol. The molecule has 0 saturated carbocycles. The molecule has 4 aromatic rings. The zero-order valence-corrected chi connectivity index (χ0v) is 17.9. The number of hydrogen-bond acceptors (Lipinski definition) is 6. The van der Waals surface area contributed by atoms with Crippen LogP contribution in [0.25, 0.3) is 0 Å². The smallest absolute Gasteiger partial charge is 0.255 e. The Morgan fingerprint density at radius 2 is 1.58 bits per heavy atom. The average Bonchev–Trinajstić information content (AvgIpc) is 3.36. The first-order chi connectivity index (χ1) is 16.1. The fourth-order valence-corrected chi connectivity index (χ4v) is 3.27. The fraction of sp³-hybridized carbons (Fsp3) is 0.125. The highest BCUT2D eigenvalue weighted by Gasteiger charge is 2.24. The maximum atomic E-state index is 13.0. The first-order valence-electron chi connectivity index (χ1n) is 10.4. The zero-order chi connectivity index (χ0) is 23.0. The number of ether oxygens (including phenoxy) is 1. The van der Waals surface area contributed by atoms with Gasteiger partial charge in [0.15, 0.2) is 6.04 Å². The third-order valence-corrected chi connectivity index (χ3v) is 4.83. The van der Waals surface area contributed by atoms with E-state index in [0.29, 0.717) is 23.5 Å². The molecule has 33 heavy (non-hydrogen) atoms. The van der Waals surface area contributed by atoms with Gasteiger partial charge in [0.1, 0.15) is 12.1 Å². The molecule has 0 bridgehead atoms. The van der Waals surface area contributed by atoms with Gasteiger partial charge < -0.3 is 15.4 Å². The number of anilines is 2. The molecular formula is C24H22N6O3. The van der Waals surface area contributed by atoms with Crippen molar-refractivity contribution in [3.8, 4) is 5.75 Å². The number of carbonyl (C=O) groups is 2. The highest BCUT2D eigenvalue weighted by Crippen LogP contribution is 2.21. The summed E-state index contributed by atoms with van der Waals surface area (Å²) in [7, 11) is 0. The lowest BCUT2D eigenvalue weighted by Gasteiger charge is -2.16. The predicted octanol–water partition coefficient (Wildman–Crippen LogP) is 3.55. The number of amides is 2. The van der Waals surface area contributed by atoms with E-state index in [1.165, 1.54) is 11.0 Å². The monoisotopic (exact) mass is 442 g/mol. The van der Waals surface area contributed by atoms with E-state index in [-0.39, 0.29) is 11.8 Å². The van der Waals surface area contributed by atoms with Gasteiger partial charge in [-0.15, -0.1) is 5.10 Å². The molecule has 0 aliphatic heterocycles. The third-order valence-electron chi connectivity index (χ3n) is 4.83. The minimum atomic E-state index is -0.733. The van der Waals surface area contributed by atoms with Crippen molar-refractivity contribution in [3.63, 3.8) is 0 Å². The lowest BCUT2D eigenvalue weighted by Crippen LogP contribution is -2.27. The molecule has 0 saturated heterocycles. The van der Waals surface area contributed by atoms with Crippen molar-refractivity contribution < 1.29 is 14.3 Å². The molecule has 1 heterocycles. The van der Waals surface area contributed by atoms with E-state index in [1.807, 2.05) is 37.3 Å². The summed E-state index contributed by atoms with van der Waals surface area (Å²) in [6, 6.07) is 22.3. The third kappa shape index (κ3) is 5.40. The molecule has 166 valence electrons. The van der Waals surface area contributed by atoms with Gasteiger partial charge in [-0.2, -0.15) is 0 Å². The van der Waals surface area contributed by atoms with Crippen LogP contribution in [-0.2, 0) is 4.79 Å². The Balaban J connectivity index is 1.43. The molecule has 0 aliphatic rings. The molecule has 4 rings (SSSR count). The van der Waals surface area contributed by atoms with E-state index in [9.17, 15) is 9.59 Å². The lowest BCUT2D eigenvalue weighted by atomic mass is 10.1. The van der Waals surface area contributed by atoms with Crippen LogP contribution in [0.3, 0.4) is 0 Å². The molecule has 2 amide bonds. The average molecular weight is 442 g/mol. The van der Waals surface area contributed by atoms with Gasteiger partial charge in [-0.3, -0.25) is 9.59 Å². The van der Waals surface area contributed by atoms with Crippen LogP contribution >= 0.6 is 0 Å². The van der Waals surface area contributed by atoms with Crippen LogP contribution in [0.5, 0.6) is 5.75 Å². The number of nitrogens with zero attached hydrogens (tertiary/aromatic N) is 4. The van der Waals surface area contributed by atoms with Crippen molar-refractivity contribution >= 4 is 23.2 Å². The Bertz CT molecular complexity index is 1190. The van der Waals surface area contributed by atoms with Gasteiger partial charge in [0, 0.05) is 16.9 Å². The van der Waals surface area contributed by atoms with Gasteiger partial charge in [-0.25, -0.2) is 4.68 Å². The van der Waals surface area contributed by atoms with Crippen LogP contribution in [0.1, 0.15) is 28.9 Å². The van der Waals surface area contributed by atoms with E-state index >= 15 is 0 Å². The minimum Gasteiger partial charge on any atom is -0.494 e. The quantitative estimate of drug-likeness (QED) is 0.432. The van der Waals surface area contributed by atoms with Crippen LogP contribution in [0.2, 0.25) is 0 Å². The van der Waals surface area contributed by atoms with Gasteiger partial charge in [-0.05, 0) is 71.4 Å². The van der Waals surface area contributed by atoms with E-state index in [2.05, 4.69) is 26.2 Å². The number of rotatable bonds is 8. The Morgan fingerprint density at radius 1 is 0.909 bits per heavy atom. The highest BCUT2D eigenvalue weighted by atomic mass is 16.5. The first-order valence-corrected chi connectivity index (χ1v) is 10.4. The normalized spacial score (nSPS) is 11.4. The molecule has 0 fully saturated rings. The molecule has 1 aromatic heterocycles. The zero-order valence-electron chi connectivity index (χ0n) is 17.9. The van der Waals surface area contributed by atoms with Gasteiger partial charge in [-0.1, -0.05) is 30.3 Å². The molecule has 2 N–H and O–H groups in total. The van der Waals surface area contributed by atoms with E-state index < -0.39 is 6.04 Å². The summed E-state index contributed by atoms with van der Waals surface area (Å²) < 4.78 is 6.80. The summed E-state index contributed by atoms with van der Waals surface area (Å²) in [5, 5.41) is 16.9. The van der Waals surface area contributed by atoms with Crippen molar-refractivity contribution in [2.24, 2.45) is 0 Å². The van der Waals surface area contributed by atoms with Crippen LogP contribution < -0.4 is 15.4 Å². The molecule has 1 atom stereocenters. The summed E-state index contributed by atoms with van der Waals surface area (Å²) in [6.45, 7) is 2.49. The van der Waals surface area contributed by atoms with Gasteiger partial charge >= 0.3 is 0 Å². The molecule has 3 aromatic carbocycles. The van der Waals surface area contributed by atoms with Crippen molar-refractivity contribution in [2.75, 3.05) is 17.2 Å². The SMILES string of the molecule is CCOc1ccc(NC(=O)c2ccc(NC(=O)C(c3ccccc3)n3cnnn3)cc2)cc1. The van der Waals surface area contributed by atoms with E-state index in [4.69, 9.17) is 4.74 Å². The second kappa shape index (κ2) is 10.2. The maximum Gasteiger partial charge on any atom is 0.255 e. The lowest BCUT2D eigenvalue weighted by molar-refractivity contribution is -0.118. The van der Waals surface area contributed by atoms with Crippen molar-refractivity contribution in [1.82, 2.24) is 20.2 Å². The second-order valence-corrected chi connectivity index (χ2v) is 7.08. The van der Waals surface area contributed by atoms with Gasteiger partial charge in [0.05, 0.1) is 6.61 Å². The van der Waals surface area contributed by atoms with Gasteiger partial charge in [0.2, 0.25) is 0 Å². The summed E-state index contributed by atoms with van der Waals surface area (Å²) in [4.78, 5) is 25.6. The Kier molecular flexibility index (Phi) is 6.70. The van der Waals surface area contributed by atoms with Crippen molar-refractivity contribution in [2.45, 2.75) is 13.0 Å². The number of tetrazole rings is 1. The predicted molar refractivity (Wildman–Crippen MR) is 123 cm³/mol. The Morgan fingerprint density at radius 3 is 2.21 bits per heavy atom. The summed E-state index contributed by atoms with van der Waals surface area (Å²) >= 11 is 0. The van der Waals surface area contributed by atoms with Crippen molar-refractivity contribution in [1.29, 1.82) is 0 Å². The number of carbonyl (C=O) groups excluding carboxylic acids is 2. The Labute approximate surface area is 190 Å². The molecule has 0 radical (unpaired) electrons. The molecule has 0 spiro atoms. The van der Waals surface area contributed by atoms with E-state index in [1.54, 1.807) is 48.5 Å². The summed E-state index contributed by atoms with van der Waals surface area (Å²) in [5.74, 6) is 0.180. The number of benzene rings is 3. The Hall–Kier alpha value is -4.53. The first kappa shape index (κ1) is 21.7. The number of nitrogens with one attached hydrogen (secondary N) is 2. The molecule has 9 nitrogen and oxygen atoms in total. The van der Waals surface area contributed by atoms with Crippen LogP contribution in [-0.4, -0.2) is 38.6 Å². The van der Waals surface area contributed by atoms with Gasteiger partial charge in [0.25, 0.3) is 11.8 Å². The summed E-state index contributed by atoms with van der Waals surface area (Å²) in [5.41, 5.74) is 2.41.